The van der Waals surface area contributed by atoms with E-state index in [4.69, 9.17) is 5.53 Å². The van der Waals surface area contributed by atoms with Gasteiger partial charge in [-0.1, -0.05) is 12.0 Å². The summed E-state index contributed by atoms with van der Waals surface area (Å²) >= 11 is 0. The minimum absolute atomic E-state index is 0.0544. The van der Waals surface area contributed by atoms with Gasteiger partial charge in [0.25, 0.3) is 0 Å². The second-order valence-corrected chi connectivity index (χ2v) is 4.19. The van der Waals surface area contributed by atoms with Crippen LogP contribution in [0.15, 0.2) is 5.11 Å². The van der Waals surface area contributed by atoms with Gasteiger partial charge in [-0.3, -0.25) is 0 Å². The lowest BCUT2D eigenvalue weighted by atomic mass is 9.62. The predicted molar refractivity (Wildman–Crippen MR) is 44.4 cm³/mol. The van der Waals surface area contributed by atoms with E-state index < -0.39 is 6.10 Å². The van der Waals surface area contributed by atoms with Crippen LogP contribution in [0.25, 0.3) is 10.4 Å². The van der Waals surface area contributed by atoms with Crippen LogP contribution in [0.3, 0.4) is 0 Å². The van der Waals surface area contributed by atoms with Crippen molar-refractivity contribution in [1.29, 1.82) is 0 Å². The van der Waals surface area contributed by atoms with E-state index in [1.54, 1.807) is 0 Å². The van der Waals surface area contributed by atoms with Crippen LogP contribution in [0.4, 0.5) is 0 Å². The highest BCUT2D eigenvalue weighted by Crippen LogP contribution is 2.57. The topological polar surface area (TPSA) is 69.0 Å². The van der Waals surface area contributed by atoms with E-state index in [9.17, 15) is 5.11 Å². The molecule has 4 nitrogen and oxygen atoms in total. The largest absolute Gasteiger partial charge is 0.392 e. The van der Waals surface area contributed by atoms with Gasteiger partial charge in [-0.2, -0.15) is 0 Å². The number of aliphatic hydroxyl groups is 1. The molecule has 2 aliphatic rings. The van der Waals surface area contributed by atoms with Crippen LogP contribution in [0.2, 0.25) is 0 Å². The summed E-state index contributed by atoms with van der Waals surface area (Å²) in [5.41, 5.74) is 8.32. The van der Waals surface area contributed by atoms with Crippen LogP contribution in [-0.2, 0) is 0 Å². The van der Waals surface area contributed by atoms with Gasteiger partial charge in [-0.15, -0.1) is 0 Å². The maximum atomic E-state index is 9.80. The van der Waals surface area contributed by atoms with Gasteiger partial charge in [-0.25, -0.2) is 0 Å². The summed E-state index contributed by atoms with van der Waals surface area (Å²) in [5.74, 6) is 0.586. The summed E-state index contributed by atoms with van der Waals surface area (Å²) in [6, 6.07) is -0.174. The maximum Gasteiger partial charge on any atom is 0.0681 e. The van der Waals surface area contributed by atoms with Crippen molar-refractivity contribution in [2.24, 2.45) is 16.4 Å². The molecule has 0 aromatic carbocycles. The predicted octanol–water partition coefficient (Wildman–Crippen LogP) is 1.85. The molecule has 0 amide bonds. The molecule has 1 N–H and O–H groups in total. The Morgan fingerprint density at radius 1 is 1.67 bits per heavy atom. The SMILES string of the molecule is C[C@@]12CCC1C[C@H](N=[N+]=[N-])[C@H]2O. The van der Waals surface area contributed by atoms with Gasteiger partial charge >= 0.3 is 0 Å². The molecule has 0 spiro atoms. The number of azide groups is 1. The van der Waals surface area contributed by atoms with E-state index in [0.717, 1.165) is 12.8 Å². The molecule has 0 aliphatic heterocycles. The summed E-state index contributed by atoms with van der Waals surface area (Å²) in [7, 11) is 0. The molecule has 4 heteroatoms. The van der Waals surface area contributed by atoms with Crippen molar-refractivity contribution in [2.75, 3.05) is 0 Å². The van der Waals surface area contributed by atoms with Crippen LogP contribution < -0.4 is 0 Å². The summed E-state index contributed by atoms with van der Waals surface area (Å²) in [6.07, 6.45) is 2.73. The molecule has 2 aliphatic carbocycles. The summed E-state index contributed by atoms with van der Waals surface area (Å²) in [4.78, 5) is 2.76. The third kappa shape index (κ3) is 0.793. The van der Waals surface area contributed by atoms with Crippen molar-refractivity contribution in [3.05, 3.63) is 10.4 Å². The van der Waals surface area contributed by atoms with Crippen molar-refractivity contribution in [3.8, 4) is 0 Å². The second-order valence-electron chi connectivity index (χ2n) is 4.19. The van der Waals surface area contributed by atoms with Crippen LogP contribution in [0.5, 0.6) is 0 Å². The Kier molecular flexibility index (Phi) is 1.56. The van der Waals surface area contributed by atoms with E-state index in [0.29, 0.717) is 5.92 Å². The second kappa shape index (κ2) is 2.38. The van der Waals surface area contributed by atoms with Gasteiger partial charge in [0.15, 0.2) is 0 Å². The van der Waals surface area contributed by atoms with Crippen LogP contribution >= 0.6 is 0 Å². The van der Waals surface area contributed by atoms with Gasteiger partial charge in [0.1, 0.15) is 0 Å². The van der Waals surface area contributed by atoms with Crippen LogP contribution in [-0.4, -0.2) is 17.3 Å². The van der Waals surface area contributed by atoms with Crippen molar-refractivity contribution >= 4 is 0 Å². The zero-order valence-corrected chi connectivity index (χ0v) is 7.14. The lowest BCUT2D eigenvalue weighted by Gasteiger charge is -2.44. The van der Waals surface area contributed by atoms with E-state index in [1.807, 2.05) is 0 Å². The number of aliphatic hydroxyl groups excluding tert-OH is 1. The summed E-state index contributed by atoms with van der Waals surface area (Å²) < 4.78 is 0. The highest BCUT2D eigenvalue weighted by Gasteiger charge is 2.56. The Bertz CT molecular complexity index is 249. The Balaban J connectivity index is 2.19. The average Bonchev–Trinajstić information content (AvgIpc) is 2.19. The molecule has 2 saturated carbocycles. The fourth-order valence-corrected chi connectivity index (χ4v) is 2.62. The molecular formula is C8H13N3O. The molecule has 0 bridgehead atoms. The van der Waals surface area contributed by atoms with E-state index in [2.05, 4.69) is 16.9 Å². The number of fused-ring (bicyclic) bond motifs is 1. The Morgan fingerprint density at radius 2 is 2.42 bits per heavy atom. The Hall–Kier alpha value is -0.730. The highest BCUT2D eigenvalue weighted by molar-refractivity contribution is 5.08. The zero-order chi connectivity index (χ0) is 8.77. The van der Waals surface area contributed by atoms with Crippen LogP contribution in [0, 0.1) is 11.3 Å². The fraction of sp³-hybridized carbons (Fsp3) is 1.00. The minimum Gasteiger partial charge on any atom is -0.392 e. The van der Waals surface area contributed by atoms with Crippen molar-refractivity contribution in [2.45, 2.75) is 38.3 Å². The quantitative estimate of drug-likeness (QED) is 0.361. The first-order valence-electron chi connectivity index (χ1n) is 4.41. The third-order valence-corrected chi connectivity index (χ3v) is 3.73. The number of nitrogens with zero attached hydrogens (tertiary/aromatic N) is 3. The molecular weight excluding hydrogens is 154 g/mol. The lowest BCUT2D eigenvalue weighted by molar-refractivity contribution is -0.0287. The van der Waals surface area contributed by atoms with Gasteiger partial charge < -0.3 is 5.11 Å². The third-order valence-electron chi connectivity index (χ3n) is 3.73. The molecule has 0 heterocycles. The molecule has 2 fully saturated rings. The normalized spacial score (nSPS) is 50.7. The molecule has 0 saturated heterocycles. The number of rotatable bonds is 1. The smallest absolute Gasteiger partial charge is 0.0681 e. The monoisotopic (exact) mass is 167 g/mol. The van der Waals surface area contributed by atoms with Crippen LogP contribution in [0.1, 0.15) is 26.2 Å². The van der Waals surface area contributed by atoms with Gasteiger partial charge in [0.05, 0.1) is 12.1 Å². The first kappa shape index (κ1) is 7.90. The van der Waals surface area contributed by atoms with E-state index in [1.165, 1.54) is 6.42 Å². The van der Waals surface area contributed by atoms with E-state index >= 15 is 0 Å². The highest BCUT2D eigenvalue weighted by atomic mass is 16.3. The van der Waals surface area contributed by atoms with Crippen molar-refractivity contribution in [3.63, 3.8) is 0 Å². The standard InChI is InChI=1S/C8H13N3O/c1-8-3-2-5(8)4-6(7(8)12)10-11-9/h5-7,12H,2-4H2,1H3/t5?,6-,7+,8+/m0/s1. The van der Waals surface area contributed by atoms with Gasteiger partial charge in [-0.05, 0) is 36.1 Å². The molecule has 0 aromatic rings. The number of hydrogen-bond donors (Lipinski definition) is 1. The molecule has 4 atom stereocenters. The zero-order valence-electron chi connectivity index (χ0n) is 7.14. The molecule has 1 unspecified atom stereocenters. The van der Waals surface area contributed by atoms with Crippen molar-refractivity contribution < 1.29 is 5.11 Å². The molecule has 66 valence electrons. The van der Waals surface area contributed by atoms with Gasteiger partial charge in [0, 0.05) is 4.91 Å². The van der Waals surface area contributed by atoms with Crippen molar-refractivity contribution in [1.82, 2.24) is 0 Å². The lowest BCUT2D eigenvalue weighted by Crippen LogP contribution is -2.42. The average molecular weight is 167 g/mol. The minimum atomic E-state index is -0.410. The Labute approximate surface area is 71.2 Å². The first-order valence-corrected chi connectivity index (χ1v) is 4.41. The molecule has 12 heavy (non-hydrogen) atoms. The summed E-state index contributed by atoms with van der Waals surface area (Å²) in [6.45, 7) is 2.10. The number of hydrogen-bond acceptors (Lipinski definition) is 2. The molecule has 0 radical (unpaired) electrons. The maximum absolute atomic E-state index is 9.80. The summed E-state index contributed by atoms with van der Waals surface area (Å²) in [5, 5.41) is 13.4. The Morgan fingerprint density at radius 3 is 2.75 bits per heavy atom. The van der Waals surface area contributed by atoms with Gasteiger partial charge in [0.2, 0.25) is 0 Å². The van der Waals surface area contributed by atoms with E-state index in [-0.39, 0.29) is 11.5 Å². The molecule has 2 rings (SSSR count). The molecule has 0 aromatic heterocycles. The fourth-order valence-electron chi connectivity index (χ4n) is 2.62. The first-order chi connectivity index (χ1) is 5.68.